The van der Waals surface area contributed by atoms with Gasteiger partial charge in [0.2, 0.25) is 11.8 Å². The Morgan fingerprint density at radius 1 is 1.53 bits per heavy atom. The van der Waals surface area contributed by atoms with E-state index in [0.29, 0.717) is 11.7 Å². The van der Waals surface area contributed by atoms with Gasteiger partial charge in [-0.05, 0) is 0 Å². The summed E-state index contributed by atoms with van der Waals surface area (Å²) < 4.78 is 4.85. The Morgan fingerprint density at radius 2 is 2.29 bits per heavy atom. The van der Waals surface area contributed by atoms with Crippen LogP contribution in [0, 0.1) is 5.92 Å². The number of amides is 1. The van der Waals surface area contributed by atoms with Gasteiger partial charge in [0.05, 0.1) is 25.4 Å². The molecule has 1 aromatic heterocycles. The smallest absolute Gasteiger partial charge is 0.308 e. The fraction of sp³-hybridized carbons (Fsp3) is 0.400. The fourth-order valence-corrected chi connectivity index (χ4v) is 1.65. The topological polar surface area (TPSA) is 92.6 Å². The molecule has 0 saturated carbocycles. The van der Waals surface area contributed by atoms with Gasteiger partial charge in [0.25, 0.3) is 0 Å². The third kappa shape index (κ3) is 2.17. The highest BCUT2D eigenvalue weighted by Crippen LogP contribution is 2.23. The highest BCUT2D eigenvalue weighted by molar-refractivity contribution is 5.98. The molecule has 7 heteroatoms. The maximum absolute atomic E-state index is 11.6. The van der Waals surface area contributed by atoms with Gasteiger partial charge in [-0.25, -0.2) is 9.97 Å². The summed E-state index contributed by atoms with van der Waals surface area (Å²) in [6, 6.07) is 0. The Balaban J connectivity index is 2.17. The van der Waals surface area contributed by atoms with E-state index >= 15 is 0 Å². The molecule has 0 aromatic carbocycles. The third-order valence-electron chi connectivity index (χ3n) is 2.57. The van der Waals surface area contributed by atoms with Crippen molar-refractivity contribution in [3.05, 3.63) is 12.4 Å². The van der Waals surface area contributed by atoms with Crippen LogP contribution in [0.5, 0.6) is 5.88 Å². The van der Waals surface area contributed by atoms with Crippen molar-refractivity contribution in [3.63, 3.8) is 0 Å². The number of carbonyl (C=O) groups is 2. The molecule has 1 amide bonds. The lowest BCUT2D eigenvalue weighted by Crippen LogP contribution is -2.26. The SMILES string of the molecule is COc1cnc(N2CC(C(=O)O)CC2=O)cn1. The summed E-state index contributed by atoms with van der Waals surface area (Å²) in [5.74, 6) is -1.21. The first-order valence-corrected chi connectivity index (χ1v) is 5.01. The largest absolute Gasteiger partial charge is 0.481 e. The van der Waals surface area contributed by atoms with Crippen molar-refractivity contribution in [3.8, 4) is 5.88 Å². The van der Waals surface area contributed by atoms with Gasteiger partial charge in [-0.15, -0.1) is 0 Å². The molecule has 2 rings (SSSR count). The Labute approximate surface area is 97.0 Å². The number of carbonyl (C=O) groups excluding carboxylic acids is 1. The number of nitrogens with zero attached hydrogens (tertiary/aromatic N) is 3. The van der Waals surface area contributed by atoms with E-state index in [1.807, 2.05) is 0 Å². The van der Waals surface area contributed by atoms with Crippen molar-refractivity contribution in [2.45, 2.75) is 6.42 Å². The summed E-state index contributed by atoms with van der Waals surface area (Å²) in [5.41, 5.74) is 0. The van der Waals surface area contributed by atoms with E-state index in [0.717, 1.165) is 0 Å². The van der Waals surface area contributed by atoms with E-state index in [1.165, 1.54) is 24.4 Å². The van der Waals surface area contributed by atoms with Crippen molar-refractivity contribution in [2.75, 3.05) is 18.6 Å². The minimum atomic E-state index is -0.970. The van der Waals surface area contributed by atoms with Gasteiger partial charge in [0.15, 0.2) is 5.82 Å². The predicted molar refractivity (Wildman–Crippen MR) is 56.7 cm³/mol. The van der Waals surface area contributed by atoms with E-state index in [9.17, 15) is 9.59 Å². The number of carboxylic acid groups (broad SMARTS) is 1. The fourth-order valence-electron chi connectivity index (χ4n) is 1.65. The van der Waals surface area contributed by atoms with E-state index in [1.54, 1.807) is 0 Å². The number of methoxy groups -OCH3 is 1. The number of carboxylic acids is 1. The predicted octanol–water partition coefficient (Wildman–Crippen LogP) is -0.0773. The van der Waals surface area contributed by atoms with Crippen LogP contribution in [0.3, 0.4) is 0 Å². The van der Waals surface area contributed by atoms with Gasteiger partial charge in [0.1, 0.15) is 0 Å². The molecule has 0 radical (unpaired) electrons. The number of hydrogen-bond donors (Lipinski definition) is 1. The maximum atomic E-state index is 11.6. The van der Waals surface area contributed by atoms with Crippen molar-refractivity contribution in [1.82, 2.24) is 9.97 Å². The highest BCUT2D eigenvalue weighted by Gasteiger charge is 2.35. The molecule has 0 aliphatic carbocycles. The Hall–Kier alpha value is -2.18. The molecule has 1 unspecified atom stereocenters. The van der Waals surface area contributed by atoms with Crippen molar-refractivity contribution in [2.24, 2.45) is 5.92 Å². The zero-order valence-electron chi connectivity index (χ0n) is 9.16. The number of anilines is 1. The molecule has 17 heavy (non-hydrogen) atoms. The molecule has 1 fully saturated rings. The molecule has 1 saturated heterocycles. The van der Waals surface area contributed by atoms with E-state index < -0.39 is 11.9 Å². The van der Waals surface area contributed by atoms with Crippen molar-refractivity contribution in [1.29, 1.82) is 0 Å². The average Bonchev–Trinajstić information content (AvgIpc) is 2.72. The van der Waals surface area contributed by atoms with Crippen LogP contribution in [0.4, 0.5) is 5.82 Å². The zero-order valence-corrected chi connectivity index (χ0v) is 9.16. The van der Waals surface area contributed by atoms with Crippen molar-refractivity contribution >= 4 is 17.7 Å². The summed E-state index contributed by atoms with van der Waals surface area (Å²) in [6.07, 6.45) is 2.78. The van der Waals surface area contributed by atoms with Gasteiger partial charge in [-0.1, -0.05) is 0 Å². The van der Waals surface area contributed by atoms with Gasteiger partial charge < -0.3 is 9.84 Å². The molecule has 1 aliphatic rings. The zero-order chi connectivity index (χ0) is 12.4. The second kappa shape index (κ2) is 4.36. The highest BCUT2D eigenvalue weighted by atomic mass is 16.5. The van der Waals surface area contributed by atoms with Crippen molar-refractivity contribution < 1.29 is 19.4 Å². The minimum absolute atomic E-state index is 0.00302. The quantitative estimate of drug-likeness (QED) is 0.790. The van der Waals surface area contributed by atoms with Crippen LogP contribution >= 0.6 is 0 Å². The third-order valence-corrected chi connectivity index (χ3v) is 2.57. The minimum Gasteiger partial charge on any atom is -0.481 e. The molecule has 1 aliphatic heterocycles. The van der Waals surface area contributed by atoms with Crippen LogP contribution in [0.2, 0.25) is 0 Å². The Kier molecular flexibility index (Phi) is 2.90. The summed E-state index contributed by atoms with van der Waals surface area (Å²) in [6.45, 7) is 0.134. The van der Waals surface area contributed by atoms with Crippen LogP contribution in [0.15, 0.2) is 12.4 Å². The van der Waals surface area contributed by atoms with E-state index in [-0.39, 0.29) is 18.9 Å². The van der Waals surface area contributed by atoms with E-state index in [2.05, 4.69) is 9.97 Å². The van der Waals surface area contributed by atoms with Gasteiger partial charge in [0, 0.05) is 13.0 Å². The number of aromatic nitrogens is 2. The number of aliphatic carboxylic acids is 1. The molecule has 90 valence electrons. The first-order chi connectivity index (χ1) is 8.11. The van der Waals surface area contributed by atoms with Crippen LogP contribution in [-0.2, 0) is 9.59 Å². The number of rotatable bonds is 3. The number of ether oxygens (including phenoxy) is 1. The molecule has 2 heterocycles. The first-order valence-electron chi connectivity index (χ1n) is 5.01. The lowest BCUT2D eigenvalue weighted by atomic mass is 10.1. The van der Waals surface area contributed by atoms with Gasteiger partial charge in [-0.2, -0.15) is 0 Å². The molecular weight excluding hydrogens is 226 g/mol. The molecule has 1 atom stereocenters. The Bertz CT molecular complexity index is 445. The lowest BCUT2D eigenvalue weighted by Gasteiger charge is -2.14. The molecular formula is C10H11N3O4. The van der Waals surface area contributed by atoms with E-state index in [4.69, 9.17) is 9.84 Å². The second-order valence-corrected chi connectivity index (χ2v) is 3.66. The molecule has 0 bridgehead atoms. The normalized spacial score (nSPS) is 19.5. The molecule has 1 aromatic rings. The monoisotopic (exact) mass is 237 g/mol. The molecule has 1 N–H and O–H groups in total. The van der Waals surface area contributed by atoms with Crippen LogP contribution in [0.25, 0.3) is 0 Å². The maximum Gasteiger partial charge on any atom is 0.308 e. The summed E-state index contributed by atoms with van der Waals surface area (Å²) in [5, 5.41) is 8.84. The molecule has 0 spiro atoms. The Morgan fingerprint density at radius 3 is 2.76 bits per heavy atom. The standard InChI is InChI=1S/C10H11N3O4/c1-17-8-4-11-7(3-12-8)13-5-6(10(15)16)2-9(13)14/h3-4,6H,2,5H2,1H3,(H,15,16). The first kappa shape index (κ1) is 11.3. The number of hydrogen-bond acceptors (Lipinski definition) is 5. The van der Waals surface area contributed by atoms with Crippen LogP contribution in [0.1, 0.15) is 6.42 Å². The van der Waals surface area contributed by atoms with Crippen LogP contribution < -0.4 is 9.64 Å². The summed E-state index contributed by atoms with van der Waals surface area (Å²) in [7, 11) is 1.46. The molecule has 7 nitrogen and oxygen atoms in total. The second-order valence-electron chi connectivity index (χ2n) is 3.66. The summed E-state index contributed by atoms with van der Waals surface area (Å²) in [4.78, 5) is 31.6. The lowest BCUT2D eigenvalue weighted by molar-refractivity contribution is -0.141. The van der Waals surface area contributed by atoms with Gasteiger partial charge >= 0.3 is 5.97 Å². The van der Waals surface area contributed by atoms with Crippen LogP contribution in [-0.4, -0.2) is 40.6 Å². The van der Waals surface area contributed by atoms with Gasteiger partial charge in [-0.3, -0.25) is 14.5 Å². The average molecular weight is 237 g/mol. The summed E-state index contributed by atoms with van der Waals surface area (Å²) >= 11 is 0.